The lowest BCUT2D eigenvalue weighted by molar-refractivity contribution is 0.0600. The minimum Gasteiger partial charge on any atom is -0.465 e. The zero-order valence-electron chi connectivity index (χ0n) is 14.3. The molecule has 1 rings (SSSR count). The first-order valence-corrected chi connectivity index (χ1v) is 10.8. The number of hydrogen-bond donors (Lipinski definition) is 0. The van der Waals surface area contributed by atoms with Crippen molar-refractivity contribution in [1.29, 1.82) is 0 Å². The number of ether oxygens (including phenoxy) is 2. The third-order valence-electron chi connectivity index (χ3n) is 3.26. The molecule has 0 saturated carbocycles. The van der Waals surface area contributed by atoms with E-state index in [9.17, 15) is 4.79 Å². The zero-order chi connectivity index (χ0) is 16.6. The number of hydrogen-bond acceptors (Lipinski definition) is 4. The van der Waals surface area contributed by atoms with Gasteiger partial charge in [0.05, 0.1) is 32.5 Å². The van der Waals surface area contributed by atoms with Gasteiger partial charge in [0.2, 0.25) is 0 Å². The molecular formula is C17H28O4Si. The Labute approximate surface area is 134 Å². The van der Waals surface area contributed by atoms with Gasteiger partial charge in [-0.2, -0.15) is 0 Å². The Hall–Kier alpha value is -1.17. The second kappa shape index (κ2) is 9.08. The largest absolute Gasteiger partial charge is 0.465 e. The molecule has 0 spiro atoms. The van der Waals surface area contributed by atoms with Crippen molar-refractivity contribution in [3.63, 3.8) is 0 Å². The maximum atomic E-state index is 11.3. The number of rotatable bonds is 9. The Morgan fingerprint density at radius 1 is 1.14 bits per heavy atom. The summed E-state index contributed by atoms with van der Waals surface area (Å²) in [6, 6.07) is 8.43. The van der Waals surface area contributed by atoms with Crippen LogP contribution >= 0.6 is 0 Å². The van der Waals surface area contributed by atoms with E-state index in [2.05, 4.69) is 31.7 Å². The molecule has 4 nitrogen and oxygen atoms in total. The van der Waals surface area contributed by atoms with Gasteiger partial charge >= 0.3 is 5.97 Å². The van der Waals surface area contributed by atoms with E-state index in [0.29, 0.717) is 31.3 Å². The monoisotopic (exact) mass is 324 g/mol. The summed E-state index contributed by atoms with van der Waals surface area (Å²) in [5.41, 5.74) is 1.59. The number of benzene rings is 1. The molecule has 1 aromatic rings. The number of methoxy groups -OCH3 is 1. The van der Waals surface area contributed by atoms with Crippen LogP contribution in [0.3, 0.4) is 0 Å². The summed E-state index contributed by atoms with van der Waals surface area (Å²) in [7, 11) is -0.173. The topological polar surface area (TPSA) is 44.8 Å². The molecule has 0 heterocycles. The van der Waals surface area contributed by atoms with Crippen LogP contribution in [0, 0.1) is 5.92 Å². The highest BCUT2D eigenvalue weighted by atomic mass is 28.4. The first-order valence-electron chi connectivity index (χ1n) is 7.73. The second-order valence-corrected chi connectivity index (χ2v) is 10.7. The lowest BCUT2D eigenvalue weighted by Gasteiger charge is -2.24. The molecule has 124 valence electrons. The van der Waals surface area contributed by atoms with E-state index in [1.165, 1.54) is 13.2 Å². The van der Waals surface area contributed by atoms with Crippen LogP contribution in [0.2, 0.25) is 19.1 Å². The third-order valence-corrected chi connectivity index (χ3v) is 6.05. The van der Waals surface area contributed by atoms with Gasteiger partial charge in [-0.05, 0) is 42.8 Å². The molecule has 0 fully saturated rings. The highest BCUT2D eigenvalue weighted by molar-refractivity contribution is 6.71. The Morgan fingerprint density at radius 2 is 1.77 bits per heavy atom. The Bertz CT molecular complexity index is 454. The predicted molar refractivity (Wildman–Crippen MR) is 90.5 cm³/mol. The van der Waals surface area contributed by atoms with Gasteiger partial charge in [0.1, 0.15) is 0 Å². The van der Waals surface area contributed by atoms with Crippen LogP contribution in [-0.4, -0.2) is 34.6 Å². The first-order chi connectivity index (χ1) is 10.3. The Balaban J connectivity index is 2.26. The quantitative estimate of drug-likeness (QED) is 0.393. The van der Waals surface area contributed by atoms with Gasteiger partial charge in [0, 0.05) is 0 Å². The maximum Gasteiger partial charge on any atom is 0.337 e. The highest BCUT2D eigenvalue weighted by Crippen LogP contribution is 2.17. The summed E-state index contributed by atoms with van der Waals surface area (Å²) in [6.45, 7) is 10.7. The molecule has 0 aromatic heterocycles. The molecule has 1 aromatic carbocycles. The van der Waals surface area contributed by atoms with E-state index in [-0.39, 0.29) is 5.97 Å². The Kier molecular flexibility index (Phi) is 7.79. The number of carbonyl (C=O) groups is 1. The van der Waals surface area contributed by atoms with Gasteiger partial charge in [0.25, 0.3) is 0 Å². The van der Waals surface area contributed by atoms with E-state index in [0.717, 1.165) is 5.56 Å². The van der Waals surface area contributed by atoms with Crippen LogP contribution in [0.25, 0.3) is 0 Å². The molecule has 0 saturated heterocycles. The standard InChI is InChI=1S/C17H28O4Si/c1-14(2)13-22(4,5)21-11-10-20-12-15-6-8-16(9-7-15)17(18)19-3/h6-9,14H,10-13H2,1-5H3. The molecule has 0 amide bonds. The average Bonchev–Trinajstić information content (AvgIpc) is 2.45. The fourth-order valence-corrected chi connectivity index (χ4v) is 5.18. The summed E-state index contributed by atoms with van der Waals surface area (Å²) in [5.74, 6) is 0.356. The summed E-state index contributed by atoms with van der Waals surface area (Å²) in [6.07, 6.45) is 0. The smallest absolute Gasteiger partial charge is 0.337 e. The van der Waals surface area contributed by atoms with Crippen LogP contribution in [0.5, 0.6) is 0 Å². The molecule has 0 bridgehead atoms. The SMILES string of the molecule is COC(=O)c1ccc(COCCO[Si](C)(C)CC(C)C)cc1. The molecule has 0 aliphatic rings. The van der Waals surface area contributed by atoms with E-state index in [1.54, 1.807) is 12.1 Å². The van der Waals surface area contributed by atoms with Crippen molar-refractivity contribution < 1.29 is 18.7 Å². The first kappa shape index (κ1) is 18.9. The molecule has 0 aliphatic heterocycles. The molecule has 5 heteroatoms. The predicted octanol–water partition coefficient (Wildman–Crippen LogP) is 3.87. The van der Waals surface area contributed by atoms with Crippen LogP contribution in [0.15, 0.2) is 24.3 Å². The van der Waals surface area contributed by atoms with Gasteiger partial charge < -0.3 is 13.9 Å². The average molecular weight is 324 g/mol. The van der Waals surface area contributed by atoms with Gasteiger partial charge in [-0.3, -0.25) is 0 Å². The van der Waals surface area contributed by atoms with Crippen molar-refractivity contribution >= 4 is 14.3 Å². The molecule has 0 unspecified atom stereocenters. The van der Waals surface area contributed by atoms with Crippen molar-refractivity contribution in [3.8, 4) is 0 Å². The molecule has 0 aliphatic carbocycles. The van der Waals surface area contributed by atoms with Crippen molar-refractivity contribution in [2.75, 3.05) is 20.3 Å². The van der Waals surface area contributed by atoms with E-state index < -0.39 is 8.32 Å². The molecule has 0 N–H and O–H groups in total. The summed E-state index contributed by atoms with van der Waals surface area (Å²) >= 11 is 0. The summed E-state index contributed by atoms with van der Waals surface area (Å²) < 4.78 is 16.3. The van der Waals surface area contributed by atoms with Gasteiger partial charge in [-0.15, -0.1) is 0 Å². The summed E-state index contributed by atoms with van der Waals surface area (Å²) in [4.78, 5) is 11.3. The number of carbonyl (C=O) groups excluding carboxylic acids is 1. The van der Waals surface area contributed by atoms with Crippen molar-refractivity contribution in [2.24, 2.45) is 5.92 Å². The molecule has 22 heavy (non-hydrogen) atoms. The highest BCUT2D eigenvalue weighted by Gasteiger charge is 2.23. The lowest BCUT2D eigenvalue weighted by atomic mass is 10.1. The summed E-state index contributed by atoms with van der Waals surface area (Å²) in [5, 5.41) is 0. The maximum absolute atomic E-state index is 11.3. The van der Waals surface area contributed by atoms with Gasteiger partial charge in [-0.25, -0.2) is 4.79 Å². The van der Waals surface area contributed by atoms with Crippen LogP contribution in [-0.2, 0) is 20.5 Å². The Morgan fingerprint density at radius 3 is 2.32 bits per heavy atom. The van der Waals surface area contributed by atoms with Crippen LogP contribution in [0.1, 0.15) is 29.8 Å². The van der Waals surface area contributed by atoms with Crippen molar-refractivity contribution in [3.05, 3.63) is 35.4 Å². The van der Waals surface area contributed by atoms with Crippen molar-refractivity contribution in [1.82, 2.24) is 0 Å². The zero-order valence-corrected chi connectivity index (χ0v) is 15.3. The van der Waals surface area contributed by atoms with Crippen LogP contribution in [0.4, 0.5) is 0 Å². The van der Waals surface area contributed by atoms with Gasteiger partial charge in [-0.1, -0.05) is 26.0 Å². The van der Waals surface area contributed by atoms with E-state index in [4.69, 9.17) is 9.16 Å². The lowest BCUT2D eigenvalue weighted by Crippen LogP contribution is -2.33. The fourth-order valence-electron chi connectivity index (χ4n) is 2.46. The van der Waals surface area contributed by atoms with E-state index in [1.807, 2.05) is 12.1 Å². The third kappa shape index (κ3) is 7.20. The van der Waals surface area contributed by atoms with Crippen LogP contribution < -0.4 is 0 Å². The fraction of sp³-hybridized carbons (Fsp3) is 0.588. The molecule has 0 radical (unpaired) electrons. The van der Waals surface area contributed by atoms with Gasteiger partial charge in [0.15, 0.2) is 8.32 Å². The molecular weight excluding hydrogens is 296 g/mol. The normalized spacial score (nSPS) is 11.7. The van der Waals surface area contributed by atoms with Crippen molar-refractivity contribution in [2.45, 2.75) is 39.6 Å². The van der Waals surface area contributed by atoms with E-state index >= 15 is 0 Å². The minimum atomic E-state index is -1.55. The number of esters is 1. The molecule has 0 atom stereocenters. The minimum absolute atomic E-state index is 0.321. The second-order valence-electron chi connectivity index (χ2n) is 6.45.